The molecule has 2 aromatic rings. The molecule has 1 N–H and O–H groups in total. The van der Waals surface area contributed by atoms with Gasteiger partial charge < -0.3 is 10.0 Å². The van der Waals surface area contributed by atoms with E-state index < -0.39 is 5.97 Å². The highest BCUT2D eigenvalue weighted by molar-refractivity contribution is 5.87. The van der Waals surface area contributed by atoms with Gasteiger partial charge in [0.1, 0.15) is 6.33 Å². The second-order valence-corrected chi connectivity index (χ2v) is 4.26. The number of hydrogen-bond acceptors (Lipinski definition) is 3. The number of benzene rings is 1. The summed E-state index contributed by atoms with van der Waals surface area (Å²) in [5.74, 6) is -0.971. The van der Waals surface area contributed by atoms with Gasteiger partial charge in [-0.2, -0.15) is 0 Å². The molecule has 0 aliphatic heterocycles. The van der Waals surface area contributed by atoms with Gasteiger partial charge in [0.15, 0.2) is 5.69 Å². The molecule has 5 nitrogen and oxygen atoms in total. The molecule has 1 heterocycles. The number of rotatable bonds is 3. The number of carbonyl (C=O) groups is 1. The van der Waals surface area contributed by atoms with Crippen LogP contribution in [0.2, 0.25) is 0 Å². The van der Waals surface area contributed by atoms with Crippen LogP contribution in [0.1, 0.15) is 16.2 Å². The van der Waals surface area contributed by atoms with Gasteiger partial charge in [-0.25, -0.2) is 9.78 Å². The zero-order valence-corrected chi connectivity index (χ0v) is 10.6. The molecule has 0 radical (unpaired) electrons. The van der Waals surface area contributed by atoms with E-state index in [1.807, 2.05) is 43.3 Å². The van der Waals surface area contributed by atoms with Gasteiger partial charge >= 0.3 is 5.97 Å². The van der Waals surface area contributed by atoms with Gasteiger partial charge in [0.05, 0.1) is 5.69 Å². The van der Waals surface area contributed by atoms with Crippen molar-refractivity contribution in [1.29, 1.82) is 0 Å². The summed E-state index contributed by atoms with van der Waals surface area (Å²) in [4.78, 5) is 17.2. The highest BCUT2D eigenvalue weighted by atomic mass is 16.4. The van der Waals surface area contributed by atoms with Crippen molar-refractivity contribution < 1.29 is 9.90 Å². The normalized spacial score (nSPS) is 10.4. The maximum Gasteiger partial charge on any atom is 0.354 e. The summed E-state index contributed by atoms with van der Waals surface area (Å²) in [6.07, 6.45) is 1.53. The first-order valence-corrected chi connectivity index (χ1v) is 5.55. The van der Waals surface area contributed by atoms with Crippen molar-refractivity contribution in [3.05, 3.63) is 42.0 Å². The van der Waals surface area contributed by atoms with E-state index >= 15 is 0 Å². The van der Waals surface area contributed by atoms with Crippen LogP contribution in [0.5, 0.6) is 0 Å². The molecule has 94 valence electrons. The van der Waals surface area contributed by atoms with Crippen molar-refractivity contribution >= 4 is 11.7 Å². The molecule has 0 saturated carbocycles. The molecule has 0 saturated heterocycles. The lowest BCUT2D eigenvalue weighted by molar-refractivity contribution is 0.0687. The van der Waals surface area contributed by atoms with E-state index in [2.05, 4.69) is 4.98 Å². The van der Waals surface area contributed by atoms with Crippen LogP contribution in [0, 0.1) is 6.92 Å². The lowest BCUT2D eigenvalue weighted by Gasteiger charge is -2.13. The number of aryl methyl sites for hydroxylation is 1. The van der Waals surface area contributed by atoms with E-state index in [4.69, 9.17) is 0 Å². The fraction of sp³-hybridized carbons (Fsp3) is 0.231. The smallest absolute Gasteiger partial charge is 0.354 e. The number of carboxylic acid groups (broad SMARTS) is 1. The quantitative estimate of drug-likeness (QED) is 0.897. The summed E-state index contributed by atoms with van der Waals surface area (Å²) in [6, 6.07) is 7.64. The molecule has 0 aliphatic carbocycles. The lowest BCUT2D eigenvalue weighted by Crippen LogP contribution is -2.10. The van der Waals surface area contributed by atoms with E-state index in [1.54, 1.807) is 11.5 Å². The average molecular weight is 245 g/mol. The van der Waals surface area contributed by atoms with E-state index in [-0.39, 0.29) is 5.69 Å². The Hall–Kier alpha value is -2.30. The number of imidazole rings is 1. The topological polar surface area (TPSA) is 58.4 Å². The average Bonchev–Trinajstić information content (AvgIpc) is 2.71. The van der Waals surface area contributed by atoms with Crippen LogP contribution in [-0.2, 0) is 0 Å². The van der Waals surface area contributed by atoms with Gasteiger partial charge in [-0.05, 0) is 31.2 Å². The molecular weight excluding hydrogens is 230 g/mol. The van der Waals surface area contributed by atoms with E-state index in [0.29, 0.717) is 5.69 Å². The monoisotopic (exact) mass is 245 g/mol. The second-order valence-electron chi connectivity index (χ2n) is 4.26. The number of anilines is 1. The minimum atomic E-state index is -0.971. The van der Waals surface area contributed by atoms with E-state index in [0.717, 1.165) is 11.4 Å². The number of aromatic carboxylic acids is 1. The van der Waals surface area contributed by atoms with Crippen LogP contribution >= 0.6 is 0 Å². The Morgan fingerprint density at radius 2 is 1.89 bits per heavy atom. The minimum absolute atomic E-state index is 0.201. The van der Waals surface area contributed by atoms with Crippen LogP contribution < -0.4 is 4.90 Å². The first-order chi connectivity index (χ1) is 8.50. The number of hydrogen-bond donors (Lipinski definition) is 1. The zero-order chi connectivity index (χ0) is 13.3. The minimum Gasteiger partial charge on any atom is -0.477 e. The molecule has 0 unspecified atom stereocenters. The predicted molar refractivity (Wildman–Crippen MR) is 69.6 cm³/mol. The maximum atomic E-state index is 11.2. The molecule has 0 atom stereocenters. The van der Waals surface area contributed by atoms with Crippen molar-refractivity contribution in [1.82, 2.24) is 9.55 Å². The first-order valence-electron chi connectivity index (χ1n) is 5.55. The van der Waals surface area contributed by atoms with E-state index in [1.165, 1.54) is 6.33 Å². The second kappa shape index (κ2) is 4.52. The molecule has 0 amide bonds. The van der Waals surface area contributed by atoms with Crippen LogP contribution in [0.25, 0.3) is 5.69 Å². The molecule has 18 heavy (non-hydrogen) atoms. The van der Waals surface area contributed by atoms with Gasteiger partial charge in [0.2, 0.25) is 0 Å². The fourth-order valence-electron chi connectivity index (χ4n) is 1.80. The Kier molecular flexibility index (Phi) is 3.06. The predicted octanol–water partition coefficient (Wildman–Crippen LogP) is 1.94. The number of aromatic nitrogens is 2. The number of carboxylic acids is 1. The van der Waals surface area contributed by atoms with Gasteiger partial charge in [0, 0.05) is 25.5 Å². The Bertz CT molecular complexity index is 570. The van der Waals surface area contributed by atoms with Crippen LogP contribution in [0.15, 0.2) is 30.6 Å². The standard InChI is InChI=1S/C13H15N3O2/c1-9-12(13(17)18)16(8-14-9)11-6-4-10(5-7-11)15(2)3/h4-8H,1-3H3,(H,17,18). The molecule has 0 aliphatic rings. The Morgan fingerprint density at radius 1 is 1.28 bits per heavy atom. The maximum absolute atomic E-state index is 11.2. The highest BCUT2D eigenvalue weighted by Crippen LogP contribution is 2.18. The van der Waals surface area contributed by atoms with Crippen LogP contribution in [0.3, 0.4) is 0 Å². The van der Waals surface area contributed by atoms with Crippen molar-refractivity contribution in [3.8, 4) is 5.69 Å². The SMILES string of the molecule is Cc1ncn(-c2ccc(N(C)C)cc2)c1C(=O)O. The Morgan fingerprint density at radius 3 is 2.39 bits per heavy atom. The van der Waals surface area contributed by atoms with Gasteiger partial charge in [-0.15, -0.1) is 0 Å². The molecule has 5 heteroatoms. The molecule has 2 rings (SSSR count). The van der Waals surface area contributed by atoms with Crippen molar-refractivity contribution in [2.45, 2.75) is 6.92 Å². The van der Waals surface area contributed by atoms with Crippen molar-refractivity contribution in [2.24, 2.45) is 0 Å². The molecule has 1 aromatic carbocycles. The fourth-order valence-corrected chi connectivity index (χ4v) is 1.80. The van der Waals surface area contributed by atoms with Gasteiger partial charge in [-0.1, -0.05) is 0 Å². The molecule has 0 spiro atoms. The molecule has 1 aromatic heterocycles. The van der Waals surface area contributed by atoms with Crippen molar-refractivity contribution in [2.75, 3.05) is 19.0 Å². The van der Waals surface area contributed by atoms with E-state index in [9.17, 15) is 9.90 Å². The Balaban J connectivity index is 2.46. The van der Waals surface area contributed by atoms with Crippen LogP contribution in [0.4, 0.5) is 5.69 Å². The summed E-state index contributed by atoms with van der Waals surface area (Å²) in [6.45, 7) is 1.69. The molecule has 0 bridgehead atoms. The van der Waals surface area contributed by atoms with Gasteiger partial charge in [0.25, 0.3) is 0 Å². The van der Waals surface area contributed by atoms with Crippen molar-refractivity contribution in [3.63, 3.8) is 0 Å². The lowest BCUT2D eigenvalue weighted by atomic mass is 10.2. The Labute approximate surface area is 105 Å². The first kappa shape index (κ1) is 12.2. The molecule has 0 fully saturated rings. The van der Waals surface area contributed by atoms with Gasteiger partial charge in [-0.3, -0.25) is 4.57 Å². The third kappa shape index (κ3) is 2.07. The zero-order valence-electron chi connectivity index (χ0n) is 10.6. The third-order valence-corrected chi connectivity index (χ3v) is 2.80. The largest absolute Gasteiger partial charge is 0.477 e. The highest BCUT2D eigenvalue weighted by Gasteiger charge is 2.15. The third-order valence-electron chi connectivity index (χ3n) is 2.80. The number of nitrogens with zero attached hydrogens (tertiary/aromatic N) is 3. The summed E-state index contributed by atoms with van der Waals surface area (Å²) >= 11 is 0. The summed E-state index contributed by atoms with van der Waals surface area (Å²) in [7, 11) is 3.91. The molecular formula is C13H15N3O2. The summed E-state index contributed by atoms with van der Waals surface area (Å²) < 4.78 is 1.58. The summed E-state index contributed by atoms with van der Waals surface area (Å²) in [5, 5.41) is 9.17. The van der Waals surface area contributed by atoms with Crippen LogP contribution in [-0.4, -0.2) is 34.7 Å². The summed E-state index contributed by atoms with van der Waals surface area (Å²) in [5.41, 5.74) is 2.57.